The number of hydrogen-bond donors (Lipinski definition) is 2. The van der Waals surface area contributed by atoms with Crippen LogP contribution in [-0.2, 0) is 11.2 Å². The molecule has 23 heavy (non-hydrogen) atoms. The smallest absolute Gasteiger partial charge is 0.328 e. The van der Waals surface area contributed by atoms with Crippen LogP contribution in [0.2, 0.25) is 5.02 Å². The average molecular weight is 332 g/mol. The van der Waals surface area contributed by atoms with Crippen LogP contribution in [0.15, 0.2) is 48.5 Å². The van der Waals surface area contributed by atoms with Crippen LogP contribution in [0, 0.1) is 0 Å². The average Bonchev–Trinajstić information content (AvgIpc) is 2.49. The van der Waals surface area contributed by atoms with Gasteiger partial charge in [-0.3, -0.25) is 4.79 Å². The minimum absolute atomic E-state index is 0.375. The summed E-state index contributed by atoms with van der Waals surface area (Å²) in [5.74, 6) is -0.375. The Morgan fingerprint density at radius 3 is 2.48 bits per heavy atom. The summed E-state index contributed by atoms with van der Waals surface area (Å²) in [5.41, 5.74) is 7.69. The highest BCUT2D eigenvalue weighted by Gasteiger charge is 2.19. The lowest BCUT2D eigenvalue weighted by Crippen LogP contribution is -2.43. The van der Waals surface area contributed by atoms with Crippen molar-refractivity contribution < 1.29 is 9.59 Å². The molecule has 2 rings (SSSR count). The SMILES string of the molecule is CC(=O)N(C(=O)NCCc1ccc(Cl)cc1)c1cccc(N)c1. The van der Waals surface area contributed by atoms with Gasteiger partial charge in [0.05, 0.1) is 5.69 Å². The predicted octanol–water partition coefficient (Wildman–Crippen LogP) is 3.23. The number of nitrogens with one attached hydrogen (secondary N) is 1. The van der Waals surface area contributed by atoms with Crippen molar-refractivity contribution in [1.82, 2.24) is 5.32 Å². The van der Waals surface area contributed by atoms with Gasteiger partial charge in [0, 0.05) is 24.2 Å². The molecule has 0 radical (unpaired) electrons. The van der Waals surface area contributed by atoms with E-state index >= 15 is 0 Å². The number of urea groups is 1. The molecule has 0 heterocycles. The van der Waals surface area contributed by atoms with Crippen LogP contribution in [0.3, 0.4) is 0 Å². The molecule has 2 aromatic rings. The number of nitrogens with two attached hydrogens (primary N) is 1. The Kier molecular flexibility index (Phi) is 5.60. The van der Waals surface area contributed by atoms with Crippen LogP contribution in [-0.4, -0.2) is 18.5 Å². The van der Waals surface area contributed by atoms with E-state index in [9.17, 15) is 9.59 Å². The molecule has 2 aromatic carbocycles. The van der Waals surface area contributed by atoms with Gasteiger partial charge in [0.1, 0.15) is 0 Å². The fraction of sp³-hybridized carbons (Fsp3) is 0.176. The largest absolute Gasteiger partial charge is 0.399 e. The Morgan fingerprint density at radius 1 is 1.17 bits per heavy atom. The summed E-state index contributed by atoms with van der Waals surface area (Å²) >= 11 is 5.83. The van der Waals surface area contributed by atoms with Gasteiger partial charge in [-0.1, -0.05) is 29.8 Å². The third-order valence-corrected chi connectivity index (χ3v) is 3.50. The maximum absolute atomic E-state index is 12.3. The van der Waals surface area contributed by atoms with Gasteiger partial charge in [-0.2, -0.15) is 0 Å². The number of rotatable bonds is 4. The second-order valence-corrected chi connectivity index (χ2v) is 5.49. The Hall–Kier alpha value is -2.53. The topological polar surface area (TPSA) is 75.4 Å². The molecule has 120 valence electrons. The van der Waals surface area contributed by atoms with Crippen LogP contribution in [0.25, 0.3) is 0 Å². The van der Waals surface area contributed by atoms with E-state index in [1.54, 1.807) is 36.4 Å². The monoisotopic (exact) mass is 331 g/mol. The molecular weight excluding hydrogens is 314 g/mol. The van der Waals surface area contributed by atoms with Crippen molar-refractivity contribution in [3.05, 3.63) is 59.1 Å². The number of nitrogen functional groups attached to an aromatic ring is 1. The van der Waals surface area contributed by atoms with Crippen molar-refractivity contribution >= 4 is 34.9 Å². The summed E-state index contributed by atoms with van der Waals surface area (Å²) in [6, 6.07) is 13.6. The van der Waals surface area contributed by atoms with Crippen LogP contribution >= 0.6 is 11.6 Å². The van der Waals surface area contributed by atoms with Crippen LogP contribution in [0.1, 0.15) is 12.5 Å². The van der Waals surface area contributed by atoms with E-state index in [4.69, 9.17) is 17.3 Å². The number of halogens is 1. The summed E-state index contributed by atoms with van der Waals surface area (Å²) in [5, 5.41) is 3.41. The maximum Gasteiger partial charge on any atom is 0.328 e. The lowest BCUT2D eigenvalue weighted by molar-refractivity contribution is -0.115. The molecule has 0 atom stereocenters. The molecule has 0 aromatic heterocycles. The molecule has 0 spiro atoms. The van der Waals surface area contributed by atoms with Gasteiger partial charge in [0.15, 0.2) is 0 Å². The van der Waals surface area contributed by atoms with Gasteiger partial charge in [0.2, 0.25) is 5.91 Å². The Balaban J connectivity index is 1.99. The number of hydrogen-bond acceptors (Lipinski definition) is 3. The lowest BCUT2D eigenvalue weighted by atomic mass is 10.1. The van der Waals surface area contributed by atoms with E-state index < -0.39 is 6.03 Å². The Bertz CT molecular complexity index is 701. The van der Waals surface area contributed by atoms with E-state index in [1.807, 2.05) is 12.1 Å². The second-order valence-electron chi connectivity index (χ2n) is 5.06. The Labute approximate surface area is 140 Å². The molecule has 0 saturated carbocycles. The number of nitrogens with zero attached hydrogens (tertiary/aromatic N) is 1. The third kappa shape index (κ3) is 4.72. The molecule has 5 nitrogen and oxygen atoms in total. The number of benzene rings is 2. The summed E-state index contributed by atoms with van der Waals surface area (Å²) in [6.07, 6.45) is 0.644. The fourth-order valence-electron chi connectivity index (χ4n) is 2.15. The summed E-state index contributed by atoms with van der Waals surface area (Å²) < 4.78 is 0. The summed E-state index contributed by atoms with van der Waals surface area (Å²) in [7, 11) is 0. The van der Waals surface area contributed by atoms with E-state index in [2.05, 4.69) is 5.32 Å². The van der Waals surface area contributed by atoms with E-state index in [0.29, 0.717) is 29.4 Å². The molecule has 0 aliphatic carbocycles. The highest BCUT2D eigenvalue weighted by Crippen LogP contribution is 2.18. The van der Waals surface area contributed by atoms with Gasteiger partial charge in [0.25, 0.3) is 0 Å². The van der Waals surface area contributed by atoms with Gasteiger partial charge in [-0.25, -0.2) is 9.69 Å². The standard InChI is InChI=1S/C17H18ClN3O2/c1-12(22)21(16-4-2-3-15(19)11-16)17(23)20-10-9-13-5-7-14(18)8-6-13/h2-8,11H,9-10,19H2,1H3,(H,20,23). The van der Waals surface area contributed by atoms with Gasteiger partial charge >= 0.3 is 6.03 Å². The van der Waals surface area contributed by atoms with Crippen LogP contribution < -0.4 is 16.0 Å². The molecule has 0 unspecified atom stereocenters. The molecule has 0 saturated heterocycles. The fourth-order valence-corrected chi connectivity index (χ4v) is 2.28. The number of carbonyl (C=O) groups is 2. The van der Waals surface area contributed by atoms with Gasteiger partial charge in [-0.15, -0.1) is 0 Å². The third-order valence-electron chi connectivity index (χ3n) is 3.25. The number of amides is 3. The van der Waals surface area contributed by atoms with Gasteiger partial charge in [-0.05, 0) is 42.3 Å². The van der Waals surface area contributed by atoms with Crippen LogP contribution in [0.5, 0.6) is 0 Å². The molecule has 0 fully saturated rings. The quantitative estimate of drug-likeness (QED) is 0.844. The molecule has 0 bridgehead atoms. The first kappa shape index (κ1) is 16.8. The van der Waals surface area contributed by atoms with Gasteiger partial charge < -0.3 is 11.1 Å². The second kappa shape index (κ2) is 7.65. The van der Waals surface area contributed by atoms with Crippen LogP contribution in [0.4, 0.5) is 16.2 Å². The lowest BCUT2D eigenvalue weighted by Gasteiger charge is -2.20. The zero-order chi connectivity index (χ0) is 16.8. The molecular formula is C17H18ClN3O2. The minimum atomic E-state index is -0.475. The number of carbonyl (C=O) groups excluding carboxylic acids is 2. The van der Waals surface area contributed by atoms with Crippen molar-refractivity contribution in [2.45, 2.75) is 13.3 Å². The Morgan fingerprint density at radius 2 is 1.87 bits per heavy atom. The first-order valence-electron chi connectivity index (χ1n) is 7.16. The van der Waals surface area contributed by atoms with E-state index in [-0.39, 0.29) is 5.91 Å². The molecule has 3 amide bonds. The van der Waals surface area contributed by atoms with Crippen molar-refractivity contribution in [2.24, 2.45) is 0 Å². The van der Waals surface area contributed by atoms with Crippen molar-refractivity contribution in [3.8, 4) is 0 Å². The zero-order valence-electron chi connectivity index (χ0n) is 12.8. The molecule has 0 aliphatic rings. The van der Waals surface area contributed by atoms with E-state index in [1.165, 1.54) is 6.92 Å². The van der Waals surface area contributed by atoms with Crippen molar-refractivity contribution in [1.29, 1.82) is 0 Å². The maximum atomic E-state index is 12.3. The normalized spacial score (nSPS) is 10.2. The number of anilines is 2. The molecule has 0 aliphatic heterocycles. The minimum Gasteiger partial charge on any atom is -0.399 e. The van der Waals surface area contributed by atoms with Crippen molar-refractivity contribution in [2.75, 3.05) is 17.2 Å². The zero-order valence-corrected chi connectivity index (χ0v) is 13.5. The summed E-state index contributed by atoms with van der Waals surface area (Å²) in [4.78, 5) is 25.1. The molecule has 3 N–H and O–H groups in total. The highest BCUT2D eigenvalue weighted by atomic mass is 35.5. The first-order valence-corrected chi connectivity index (χ1v) is 7.53. The molecule has 6 heteroatoms. The summed E-state index contributed by atoms with van der Waals surface area (Å²) in [6.45, 7) is 1.74. The van der Waals surface area contributed by atoms with Crippen molar-refractivity contribution in [3.63, 3.8) is 0 Å². The first-order chi connectivity index (χ1) is 11.0. The highest BCUT2D eigenvalue weighted by molar-refractivity contribution is 6.30. The number of imide groups is 1. The predicted molar refractivity (Wildman–Crippen MR) is 92.6 cm³/mol. The van der Waals surface area contributed by atoms with E-state index in [0.717, 1.165) is 10.5 Å².